The second kappa shape index (κ2) is 6.39. The van der Waals surface area contributed by atoms with E-state index < -0.39 is 15.3 Å². The molecule has 0 bridgehead atoms. The Bertz CT molecular complexity index is 572. The second-order valence-electron chi connectivity index (χ2n) is 7.14. The van der Waals surface area contributed by atoms with E-state index >= 15 is 0 Å². The minimum absolute atomic E-state index is 0.316. The van der Waals surface area contributed by atoms with Crippen LogP contribution in [0.3, 0.4) is 0 Å². The zero-order valence-electron chi connectivity index (χ0n) is 14.2. The lowest BCUT2D eigenvalue weighted by Crippen LogP contribution is -2.33. The molecule has 1 unspecified atom stereocenters. The molecular weight excluding hydrogens is 310 g/mol. The van der Waals surface area contributed by atoms with Gasteiger partial charge in [-0.1, -0.05) is 45.0 Å². The van der Waals surface area contributed by atoms with Gasteiger partial charge in [-0.05, 0) is 32.6 Å². The summed E-state index contributed by atoms with van der Waals surface area (Å²) in [7, 11) is -2.97. The lowest BCUT2D eigenvalue weighted by atomic mass is 10.2. The van der Waals surface area contributed by atoms with Crippen LogP contribution in [0.1, 0.15) is 53.4 Å². The monoisotopic (exact) mass is 338 g/mol. The summed E-state index contributed by atoms with van der Waals surface area (Å²) in [5, 5.41) is 2.40. The topological polar surface area (TPSA) is 26.3 Å². The van der Waals surface area contributed by atoms with E-state index in [-0.39, 0.29) is 0 Å². The van der Waals surface area contributed by atoms with Crippen molar-refractivity contribution in [3.63, 3.8) is 0 Å². The lowest BCUT2D eigenvalue weighted by molar-refractivity contribution is 0.212. The highest BCUT2D eigenvalue weighted by atomic mass is 31.2. The molecule has 122 valence electrons. The van der Waals surface area contributed by atoms with Crippen molar-refractivity contribution in [3.8, 4) is 0 Å². The third-order valence-corrected chi connectivity index (χ3v) is 12.5. The Morgan fingerprint density at radius 2 is 1.64 bits per heavy atom. The number of benzene rings is 1. The molecule has 0 amide bonds. The van der Waals surface area contributed by atoms with Crippen molar-refractivity contribution in [1.29, 1.82) is 0 Å². The van der Waals surface area contributed by atoms with Crippen LogP contribution in [-0.4, -0.2) is 23.1 Å². The molecule has 2 nitrogen and oxygen atoms in total. The maximum absolute atomic E-state index is 13.9. The predicted molar refractivity (Wildman–Crippen MR) is 97.6 cm³/mol. The van der Waals surface area contributed by atoms with Gasteiger partial charge in [0.1, 0.15) is 7.14 Å². The number of hydrogen-bond acceptors (Lipinski definition) is 2. The van der Waals surface area contributed by atoms with Crippen LogP contribution in [0.25, 0.3) is 0 Å². The molecule has 0 radical (unpaired) electrons. The first kappa shape index (κ1) is 16.7. The van der Waals surface area contributed by atoms with Crippen molar-refractivity contribution >= 4 is 25.9 Å². The lowest BCUT2D eigenvalue weighted by Gasteiger charge is -2.36. The molecule has 0 spiro atoms. The van der Waals surface area contributed by atoms with Gasteiger partial charge in [0.25, 0.3) is 0 Å². The average Bonchev–Trinajstić information content (AvgIpc) is 2.78. The molecule has 0 N–H and O–H groups in total. The van der Waals surface area contributed by atoms with Crippen LogP contribution in [-0.2, 0) is 9.09 Å². The van der Waals surface area contributed by atoms with E-state index in [9.17, 15) is 4.57 Å². The van der Waals surface area contributed by atoms with Gasteiger partial charge in [0, 0.05) is 27.6 Å². The molecule has 2 saturated heterocycles. The molecule has 5 atom stereocenters. The van der Waals surface area contributed by atoms with Gasteiger partial charge in [0.05, 0.1) is 14.3 Å². The maximum atomic E-state index is 13.9. The smallest absolute Gasteiger partial charge is 0.121 e. The van der Waals surface area contributed by atoms with Gasteiger partial charge in [-0.2, -0.15) is 0 Å². The Morgan fingerprint density at radius 3 is 2.32 bits per heavy atom. The van der Waals surface area contributed by atoms with Gasteiger partial charge >= 0.3 is 0 Å². The standard InChI is InChI=1S/C18H28O2P2/c1-13-9-10-14(2)21(20-13)17-7-5-6-8-18(17)22(19)15(3)11-12-16(22)4/h5-8,13-16H,9-12H2,1-4H3/t13-,14+,15+,16+,21?/m1/s1. The predicted octanol–water partition coefficient (Wildman–Crippen LogP) is 4.86. The van der Waals surface area contributed by atoms with Crippen LogP contribution in [0.4, 0.5) is 0 Å². The minimum Gasteiger partial charge on any atom is -0.351 e. The fourth-order valence-corrected chi connectivity index (χ4v) is 10.6. The van der Waals surface area contributed by atoms with E-state index in [0.29, 0.717) is 23.1 Å². The van der Waals surface area contributed by atoms with Crippen LogP contribution in [0.5, 0.6) is 0 Å². The SMILES string of the molecule is C[C@@H]1CC[C@H](C)P(c2ccccc2P2(=O)[C@@H](C)CC[C@@H]2C)O1. The van der Waals surface area contributed by atoms with Gasteiger partial charge < -0.3 is 9.09 Å². The molecule has 4 heteroatoms. The molecule has 0 aliphatic carbocycles. The van der Waals surface area contributed by atoms with E-state index in [4.69, 9.17) is 4.52 Å². The first-order chi connectivity index (χ1) is 10.4. The molecule has 2 heterocycles. The van der Waals surface area contributed by atoms with Crippen molar-refractivity contribution in [3.05, 3.63) is 24.3 Å². The average molecular weight is 338 g/mol. The van der Waals surface area contributed by atoms with Crippen molar-refractivity contribution in [2.75, 3.05) is 0 Å². The Balaban J connectivity index is 2.05. The van der Waals surface area contributed by atoms with Crippen molar-refractivity contribution in [2.45, 2.75) is 76.5 Å². The Kier molecular flexibility index (Phi) is 4.84. The van der Waals surface area contributed by atoms with Crippen LogP contribution in [0.15, 0.2) is 24.3 Å². The summed E-state index contributed by atoms with van der Waals surface area (Å²) in [5.41, 5.74) is 1.19. The fourth-order valence-electron chi connectivity index (χ4n) is 3.96. The van der Waals surface area contributed by atoms with E-state index in [2.05, 4.69) is 52.0 Å². The Labute approximate surface area is 136 Å². The molecular formula is C18H28O2P2. The van der Waals surface area contributed by atoms with E-state index in [1.807, 2.05) is 0 Å². The zero-order valence-corrected chi connectivity index (χ0v) is 15.9. The molecule has 1 aromatic carbocycles. The molecule has 2 fully saturated rings. The van der Waals surface area contributed by atoms with Crippen molar-refractivity contribution < 1.29 is 9.09 Å². The summed E-state index contributed by atoms with van der Waals surface area (Å²) >= 11 is 0. The van der Waals surface area contributed by atoms with E-state index in [1.54, 1.807) is 0 Å². The summed E-state index contributed by atoms with van der Waals surface area (Å²) in [4.78, 5) is 0. The van der Waals surface area contributed by atoms with Crippen molar-refractivity contribution in [2.24, 2.45) is 0 Å². The van der Waals surface area contributed by atoms with Gasteiger partial charge in [0.15, 0.2) is 0 Å². The Morgan fingerprint density at radius 1 is 1.00 bits per heavy atom. The summed E-state index contributed by atoms with van der Waals surface area (Å²) in [6, 6.07) is 8.47. The molecule has 22 heavy (non-hydrogen) atoms. The van der Waals surface area contributed by atoms with Crippen LogP contribution < -0.4 is 10.6 Å². The molecule has 2 aliphatic heterocycles. The first-order valence-electron chi connectivity index (χ1n) is 8.59. The molecule has 1 aromatic rings. The third kappa shape index (κ3) is 2.72. The highest BCUT2D eigenvalue weighted by Gasteiger charge is 2.45. The maximum Gasteiger partial charge on any atom is 0.121 e. The van der Waals surface area contributed by atoms with Crippen LogP contribution in [0.2, 0.25) is 0 Å². The third-order valence-electron chi connectivity index (χ3n) is 5.49. The first-order valence-corrected chi connectivity index (χ1v) is 11.8. The molecule has 2 aliphatic rings. The van der Waals surface area contributed by atoms with Crippen molar-refractivity contribution in [1.82, 2.24) is 0 Å². The molecule has 0 aromatic heterocycles. The normalized spacial score (nSPS) is 38.1. The summed E-state index contributed by atoms with van der Waals surface area (Å²) in [6.07, 6.45) is 4.88. The van der Waals surface area contributed by atoms with Gasteiger partial charge in [-0.25, -0.2) is 0 Å². The zero-order chi connectivity index (χ0) is 15.9. The van der Waals surface area contributed by atoms with Crippen LogP contribution >= 0.6 is 15.3 Å². The van der Waals surface area contributed by atoms with Gasteiger partial charge in [-0.15, -0.1) is 0 Å². The van der Waals surface area contributed by atoms with Gasteiger partial charge in [-0.3, -0.25) is 0 Å². The highest BCUT2D eigenvalue weighted by Crippen LogP contribution is 2.63. The second-order valence-corrected chi connectivity index (χ2v) is 13.0. The Hall–Kier alpha value is -0.160. The highest BCUT2D eigenvalue weighted by molar-refractivity contribution is 7.76. The molecule has 0 saturated carbocycles. The number of rotatable bonds is 2. The van der Waals surface area contributed by atoms with Crippen LogP contribution in [0, 0.1) is 0 Å². The largest absolute Gasteiger partial charge is 0.351 e. The number of hydrogen-bond donors (Lipinski definition) is 0. The minimum atomic E-state index is -2.32. The fraction of sp³-hybridized carbons (Fsp3) is 0.667. The summed E-state index contributed by atoms with van der Waals surface area (Å²) in [5.74, 6) is 0. The quantitative estimate of drug-likeness (QED) is 0.720. The van der Waals surface area contributed by atoms with E-state index in [0.717, 1.165) is 24.6 Å². The van der Waals surface area contributed by atoms with Gasteiger partial charge in [0.2, 0.25) is 0 Å². The summed E-state index contributed by atoms with van der Waals surface area (Å²) < 4.78 is 20.2. The summed E-state index contributed by atoms with van der Waals surface area (Å²) in [6.45, 7) is 8.84. The van der Waals surface area contributed by atoms with E-state index in [1.165, 1.54) is 11.7 Å². The molecule has 3 rings (SSSR count).